The first kappa shape index (κ1) is 21.0. The van der Waals surface area contributed by atoms with E-state index >= 15 is 0 Å². The summed E-state index contributed by atoms with van der Waals surface area (Å²) in [4.78, 5) is 36.6. The van der Waals surface area contributed by atoms with Crippen LogP contribution in [0.25, 0.3) is 0 Å². The lowest BCUT2D eigenvalue weighted by atomic mass is 10.1. The number of thioether (sulfide) groups is 1. The van der Waals surface area contributed by atoms with Crippen LogP contribution in [0, 0.1) is 11.8 Å². The lowest BCUT2D eigenvalue weighted by Gasteiger charge is -2.29. The number of amides is 2. The minimum atomic E-state index is -0.119. The average Bonchev–Trinajstić information content (AvgIpc) is 2.47. The molecule has 1 N–H and O–H groups in total. The topological polar surface area (TPSA) is 66.5 Å². The Kier molecular flexibility index (Phi) is 11.0. The largest absolute Gasteiger partial charge is 0.354 e. The van der Waals surface area contributed by atoms with Crippen LogP contribution in [-0.4, -0.2) is 54.1 Å². The van der Waals surface area contributed by atoms with Crippen LogP contribution in [0.4, 0.5) is 0 Å². The van der Waals surface area contributed by atoms with Crippen molar-refractivity contribution in [3.63, 3.8) is 0 Å². The lowest BCUT2D eigenvalue weighted by molar-refractivity contribution is -0.135. The van der Waals surface area contributed by atoms with Gasteiger partial charge < -0.3 is 10.2 Å². The van der Waals surface area contributed by atoms with Crippen LogP contribution in [-0.2, 0) is 14.4 Å². The van der Waals surface area contributed by atoms with Crippen LogP contribution < -0.4 is 5.32 Å². The maximum atomic E-state index is 12.3. The Hall–Kier alpha value is -1.04. The SMILES string of the molecule is CSCC[C@H](CN(CCC(=O)C(C)C)C(=O)C(C)C)NC=O. The Labute approximate surface area is 138 Å². The highest BCUT2D eigenvalue weighted by Crippen LogP contribution is 2.09. The van der Waals surface area contributed by atoms with E-state index in [0.29, 0.717) is 25.9 Å². The van der Waals surface area contributed by atoms with Crippen molar-refractivity contribution in [1.29, 1.82) is 0 Å². The van der Waals surface area contributed by atoms with Crippen molar-refractivity contribution < 1.29 is 14.4 Å². The first-order valence-corrected chi connectivity index (χ1v) is 9.22. The maximum absolute atomic E-state index is 12.3. The van der Waals surface area contributed by atoms with Gasteiger partial charge in [0.25, 0.3) is 0 Å². The number of Topliss-reactive ketones (excluding diaryl/α,β-unsaturated/α-hetero) is 1. The fourth-order valence-electron chi connectivity index (χ4n) is 2.04. The molecule has 22 heavy (non-hydrogen) atoms. The van der Waals surface area contributed by atoms with Gasteiger partial charge in [-0.3, -0.25) is 14.4 Å². The smallest absolute Gasteiger partial charge is 0.225 e. The van der Waals surface area contributed by atoms with Gasteiger partial charge >= 0.3 is 0 Å². The van der Waals surface area contributed by atoms with E-state index in [2.05, 4.69) is 5.32 Å². The number of carbonyl (C=O) groups excluding carboxylic acids is 3. The Morgan fingerprint density at radius 2 is 1.82 bits per heavy atom. The average molecular weight is 330 g/mol. The minimum absolute atomic E-state index is 0.0172. The van der Waals surface area contributed by atoms with Crippen molar-refractivity contribution in [3.05, 3.63) is 0 Å². The van der Waals surface area contributed by atoms with E-state index in [4.69, 9.17) is 0 Å². The predicted molar refractivity (Wildman–Crippen MR) is 91.9 cm³/mol. The summed E-state index contributed by atoms with van der Waals surface area (Å²) in [5, 5.41) is 2.78. The van der Waals surface area contributed by atoms with E-state index in [1.54, 1.807) is 16.7 Å². The van der Waals surface area contributed by atoms with Crippen molar-refractivity contribution in [2.24, 2.45) is 11.8 Å². The molecule has 0 aromatic carbocycles. The third-order valence-corrected chi connectivity index (χ3v) is 4.14. The van der Waals surface area contributed by atoms with Gasteiger partial charge in [-0.15, -0.1) is 0 Å². The fraction of sp³-hybridized carbons (Fsp3) is 0.812. The van der Waals surface area contributed by atoms with Crippen LogP contribution in [0.1, 0.15) is 40.5 Å². The third kappa shape index (κ3) is 8.41. The third-order valence-electron chi connectivity index (χ3n) is 3.49. The van der Waals surface area contributed by atoms with E-state index in [1.807, 2.05) is 34.0 Å². The number of nitrogens with one attached hydrogen (secondary N) is 1. The lowest BCUT2D eigenvalue weighted by Crippen LogP contribution is -2.46. The molecule has 0 unspecified atom stereocenters. The second-order valence-electron chi connectivity index (χ2n) is 6.07. The summed E-state index contributed by atoms with van der Waals surface area (Å²) < 4.78 is 0. The van der Waals surface area contributed by atoms with E-state index in [9.17, 15) is 14.4 Å². The molecule has 0 aliphatic carbocycles. The molecule has 5 nitrogen and oxygen atoms in total. The van der Waals surface area contributed by atoms with Gasteiger partial charge in [-0.1, -0.05) is 27.7 Å². The van der Waals surface area contributed by atoms with Gasteiger partial charge in [-0.2, -0.15) is 11.8 Å². The monoisotopic (exact) mass is 330 g/mol. The molecule has 0 radical (unpaired) electrons. The highest BCUT2D eigenvalue weighted by Gasteiger charge is 2.22. The molecule has 0 heterocycles. The van der Waals surface area contributed by atoms with Crippen LogP contribution in [0.15, 0.2) is 0 Å². The molecule has 0 aliphatic heterocycles. The number of nitrogens with zero attached hydrogens (tertiary/aromatic N) is 1. The van der Waals surface area contributed by atoms with E-state index in [1.165, 1.54) is 0 Å². The van der Waals surface area contributed by atoms with Gasteiger partial charge in [0.15, 0.2) is 0 Å². The van der Waals surface area contributed by atoms with Crippen LogP contribution in [0.2, 0.25) is 0 Å². The van der Waals surface area contributed by atoms with Crippen LogP contribution in [0.5, 0.6) is 0 Å². The molecular formula is C16H30N2O3S. The Bertz CT molecular complexity index is 359. The van der Waals surface area contributed by atoms with Gasteiger partial charge in [-0.05, 0) is 18.4 Å². The molecule has 2 amide bonds. The van der Waals surface area contributed by atoms with Crippen LogP contribution >= 0.6 is 11.8 Å². The predicted octanol–water partition coefficient (Wildman–Crippen LogP) is 1.95. The number of ketones is 1. The normalized spacial score (nSPS) is 12.3. The summed E-state index contributed by atoms with van der Waals surface area (Å²) in [5.41, 5.74) is 0. The Morgan fingerprint density at radius 1 is 1.18 bits per heavy atom. The van der Waals surface area contributed by atoms with Crippen LogP contribution in [0.3, 0.4) is 0 Å². The molecule has 0 aromatic rings. The molecule has 0 aromatic heterocycles. The molecule has 0 aliphatic rings. The van der Waals surface area contributed by atoms with Crippen molar-refractivity contribution >= 4 is 29.9 Å². The fourth-order valence-corrected chi connectivity index (χ4v) is 2.56. The van der Waals surface area contributed by atoms with E-state index in [-0.39, 0.29) is 29.6 Å². The highest BCUT2D eigenvalue weighted by molar-refractivity contribution is 7.98. The Balaban J connectivity index is 4.78. The van der Waals surface area contributed by atoms with Gasteiger partial charge in [0.2, 0.25) is 12.3 Å². The number of carbonyl (C=O) groups is 3. The van der Waals surface area contributed by atoms with Gasteiger partial charge in [0, 0.05) is 37.4 Å². The van der Waals surface area contributed by atoms with Gasteiger partial charge in [0.05, 0.1) is 0 Å². The van der Waals surface area contributed by atoms with E-state index < -0.39 is 0 Å². The Morgan fingerprint density at radius 3 is 2.27 bits per heavy atom. The summed E-state index contributed by atoms with van der Waals surface area (Å²) in [6.07, 6.45) is 3.87. The molecule has 0 bridgehead atoms. The molecule has 0 saturated heterocycles. The minimum Gasteiger partial charge on any atom is -0.354 e. The number of hydrogen-bond acceptors (Lipinski definition) is 4. The van der Waals surface area contributed by atoms with Gasteiger partial charge in [-0.25, -0.2) is 0 Å². The highest BCUT2D eigenvalue weighted by atomic mass is 32.2. The maximum Gasteiger partial charge on any atom is 0.225 e. The molecule has 0 rings (SSSR count). The first-order valence-electron chi connectivity index (χ1n) is 7.83. The van der Waals surface area contributed by atoms with Crippen molar-refractivity contribution in [2.45, 2.75) is 46.6 Å². The van der Waals surface area contributed by atoms with Crippen molar-refractivity contribution in [1.82, 2.24) is 10.2 Å². The quantitative estimate of drug-likeness (QED) is 0.556. The zero-order valence-electron chi connectivity index (χ0n) is 14.4. The summed E-state index contributed by atoms with van der Waals surface area (Å²) >= 11 is 1.71. The van der Waals surface area contributed by atoms with Crippen molar-refractivity contribution in [2.75, 3.05) is 25.1 Å². The van der Waals surface area contributed by atoms with Crippen molar-refractivity contribution in [3.8, 4) is 0 Å². The standard InChI is InChI=1S/C16H30N2O3S/c1-12(2)15(20)6-8-18(16(21)13(3)4)10-14(17-11-19)7-9-22-5/h11-14H,6-10H2,1-5H3,(H,17,19)/t14-/m1/s1. The second kappa shape index (κ2) is 11.5. The van der Waals surface area contributed by atoms with E-state index in [0.717, 1.165) is 12.2 Å². The molecule has 6 heteroatoms. The molecule has 0 fully saturated rings. The summed E-state index contributed by atoms with van der Waals surface area (Å²) in [7, 11) is 0. The molecular weight excluding hydrogens is 300 g/mol. The molecule has 128 valence electrons. The second-order valence-corrected chi connectivity index (χ2v) is 7.06. The molecule has 0 spiro atoms. The number of hydrogen-bond donors (Lipinski definition) is 1. The summed E-state index contributed by atoms with van der Waals surface area (Å²) in [5.74, 6) is 0.965. The first-order chi connectivity index (χ1) is 10.3. The number of rotatable bonds is 12. The zero-order valence-corrected chi connectivity index (χ0v) is 15.2. The summed E-state index contributed by atoms with van der Waals surface area (Å²) in [6.45, 7) is 8.32. The zero-order chi connectivity index (χ0) is 17.1. The molecule has 1 atom stereocenters. The molecule has 0 saturated carbocycles. The summed E-state index contributed by atoms with van der Waals surface area (Å²) in [6, 6.07) is -0.0678. The van der Waals surface area contributed by atoms with Gasteiger partial charge in [0.1, 0.15) is 5.78 Å².